The Morgan fingerprint density at radius 3 is 2.95 bits per heavy atom. The van der Waals surface area contributed by atoms with Crippen molar-refractivity contribution >= 4 is 22.4 Å². The fourth-order valence-electron chi connectivity index (χ4n) is 2.01. The van der Waals surface area contributed by atoms with Crippen LogP contribution in [-0.4, -0.2) is 29.1 Å². The summed E-state index contributed by atoms with van der Waals surface area (Å²) < 4.78 is 0. The van der Waals surface area contributed by atoms with E-state index in [9.17, 15) is 4.79 Å². The Bertz CT molecular complexity index is 611. The summed E-state index contributed by atoms with van der Waals surface area (Å²) >= 11 is 0. The molecule has 0 radical (unpaired) electrons. The van der Waals surface area contributed by atoms with Crippen LogP contribution in [0.25, 0.3) is 10.8 Å². The summed E-state index contributed by atoms with van der Waals surface area (Å²) in [6.07, 6.45) is 2.10. The van der Waals surface area contributed by atoms with Gasteiger partial charge in [-0.05, 0) is 37.1 Å². The number of nitrogen functional groups attached to an aromatic ring is 1. The number of amides is 1. The van der Waals surface area contributed by atoms with Crippen molar-refractivity contribution in [2.45, 2.75) is 13.3 Å². The summed E-state index contributed by atoms with van der Waals surface area (Å²) in [5.74, 6) is -0.246. The van der Waals surface area contributed by atoms with Crippen LogP contribution < -0.4 is 11.1 Å². The third-order valence-electron chi connectivity index (χ3n) is 2.89. The number of aryl methyl sites for hydroxylation is 1. The van der Waals surface area contributed by atoms with Gasteiger partial charge in [0.05, 0.1) is 0 Å². The number of benzene rings is 1. The molecule has 2 rings (SSSR count). The lowest BCUT2D eigenvalue weighted by molar-refractivity contribution is 0.0948. The highest BCUT2D eigenvalue weighted by Crippen LogP contribution is 2.24. The maximum Gasteiger partial charge on any atom is 0.270 e. The zero-order chi connectivity index (χ0) is 13.8. The van der Waals surface area contributed by atoms with Crippen LogP contribution in [0.1, 0.15) is 22.5 Å². The zero-order valence-corrected chi connectivity index (χ0v) is 10.8. The molecule has 100 valence electrons. The maximum atomic E-state index is 12.1. The highest BCUT2D eigenvalue weighted by Gasteiger charge is 2.12. The van der Waals surface area contributed by atoms with Crippen molar-refractivity contribution in [3.63, 3.8) is 0 Å². The predicted octanol–water partition coefficient (Wildman–Crippen LogP) is 1.24. The zero-order valence-electron chi connectivity index (χ0n) is 10.8. The molecular weight excluding hydrogens is 242 g/mol. The first-order chi connectivity index (χ1) is 9.13. The average Bonchev–Trinajstić information content (AvgIpc) is 2.38. The molecule has 0 aliphatic heterocycles. The summed E-state index contributed by atoms with van der Waals surface area (Å²) in [5.41, 5.74) is 7.95. The highest BCUT2D eigenvalue weighted by atomic mass is 16.3. The van der Waals surface area contributed by atoms with Gasteiger partial charge in [0.25, 0.3) is 5.91 Å². The molecule has 0 unspecified atom stereocenters. The second-order valence-corrected chi connectivity index (χ2v) is 4.44. The molecule has 0 saturated heterocycles. The Labute approximate surface area is 111 Å². The Hall–Kier alpha value is -2.14. The molecule has 4 N–H and O–H groups in total. The van der Waals surface area contributed by atoms with Gasteiger partial charge in [0.2, 0.25) is 0 Å². The minimum atomic E-state index is -0.246. The summed E-state index contributed by atoms with van der Waals surface area (Å²) in [7, 11) is 0. The summed E-state index contributed by atoms with van der Waals surface area (Å²) in [4.78, 5) is 16.2. The molecule has 0 aliphatic rings. The third-order valence-corrected chi connectivity index (χ3v) is 2.89. The highest BCUT2D eigenvalue weighted by molar-refractivity contribution is 6.08. The van der Waals surface area contributed by atoms with Crippen molar-refractivity contribution in [2.24, 2.45) is 0 Å². The van der Waals surface area contributed by atoms with Crippen molar-refractivity contribution in [3.05, 3.63) is 35.7 Å². The Kier molecular flexibility index (Phi) is 3.97. The van der Waals surface area contributed by atoms with Crippen LogP contribution in [0.5, 0.6) is 0 Å². The molecule has 1 amide bonds. The minimum Gasteiger partial charge on any atom is -0.398 e. The molecule has 1 heterocycles. The number of anilines is 1. The lowest BCUT2D eigenvalue weighted by atomic mass is 10.0. The van der Waals surface area contributed by atoms with E-state index in [1.165, 1.54) is 0 Å². The van der Waals surface area contributed by atoms with E-state index in [2.05, 4.69) is 10.3 Å². The smallest absolute Gasteiger partial charge is 0.270 e. The van der Waals surface area contributed by atoms with Gasteiger partial charge in [-0.1, -0.05) is 0 Å². The third kappa shape index (κ3) is 2.82. The normalized spacial score (nSPS) is 10.6. The number of fused-ring (bicyclic) bond motifs is 1. The Morgan fingerprint density at radius 1 is 1.42 bits per heavy atom. The van der Waals surface area contributed by atoms with Gasteiger partial charge in [0, 0.05) is 35.8 Å². The number of pyridine rings is 1. The van der Waals surface area contributed by atoms with Crippen LogP contribution >= 0.6 is 0 Å². The van der Waals surface area contributed by atoms with Crippen LogP contribution in [0.3, 0.4) is 0 Å². The maximum absolute atomic E-state index is 12.1. The van der Waals surface area contributed by atoms with Crippen LogP contribution in [0.4, 0.5) is 5.69 Å². The SMILES string of the molecule is Cc1cc(N)c2ccnc(C(=O)NCCCO)c2c1. The van der Waals surface area contributed by atoms with Crippen molar-refractivity contribution in [2.75, 3.05) is 18.9 Å². The lowest BCUT2D eigenvalue weighted by Crippen LogP contribution is -2.26. The monoisotopic (exact) mass is 259 g/mol. The van der Waals surface area contributed by atoms with Crippen LogP contribution in [0.15, 0.2) is 24.4 Å². The van der Waals surface area contributed by atoms with E-state index in [1.54, 1.807) is 12.3 Å². The molecular formula is C14H17N3O2. The summed E-state index contributed by atoms with van der Waals surface area (Å²) in [6.45, 7) is 2.40. The van der Waals surface area contributed by atoms with E-state index in [0.717, 1.165) is 16.3 Å². The number of rotatable bonds is 4. The number of aliphatic hydroxyl groups is 1. The van der Waals surface area contributed by atoms with Gasteiger partial charge in [0.1, 0.15) is 5.69 Å². The number of nitrogens with zero attached hydrogens (tertiary/aromatic N) is 1. The Balaban J connectivity index is 2.40. The van der Waals surface area contributed by atoms with Crippen LogP contribution in [-0.2, 0) is 0 Å². The summed E-state index contributed by atoms with van der Waals surface area (Å²) in [5, 5.41) is 13.0. The molecule has 5 nitrogen and oxygen atoms in total. The van der Waals surface area contributed by atoms with Gasteiger partial charge in [-0.15, -0.1) is 0 Å². The largest absolute Gasteiger partial charge is 0.398 e. The lowest BCUT2D eigenvalue weighted by Gasteiger charge is -2.09. The average molecular weight is 259 g/mol. The molecule has 2 aromatic rings. The number of hydrogen-bond donors (Lipinski definition) is 3. The molecule has 5 heteroatoms. The number of hydrogen-bond acceptors (Lipinski definition) is 4. The van der Waals surface area contributed by atoms with Gasteiger partial charge in [-0.3, -0.25) is 9.78 Å². The van der Waals surface area contributed by atoms with Crippen molar-refractivity contribution < 1.29 is 9.90 Å². The number of aromatic nitrogens is 1. The van der Waals surface area contributed by atoms with Crippen molar-refractivity contribution in [1.29, 1.82) is 0 Å². The molecule has 1 aromatic carbocycles. The van der Waals surface area contributed by atoms with Gasteiger partial charge in [-0.25, -0.2) is 0 Å². The summed E-state index contributed by atoms with van der Waals surface area (Å²) in [6, 6.07) is 5.57. The molecule has 0 bridgehead atoms. The van der Waals surface area contributed by atoms with Gasteiger partial charge in [-0.2, -0.15) is 0 Å². The van der Waals surface area contributed by atoms with Gasteiger partial charge in [0.15, 0.2) is 0 Å². The van der Waals surface area contributed by atoms with E-state index in [0.29, 0.717) is 24.3 Å². The van der Waals surface area contributed by atoms with Crippen LogP contribution in [0.2, 0.25) is 0 Å². The molecule has 19 heavy (non-hydrogen) atoms. The fourth-order valence-corrected chi connectivity index (χ4v) is 2.01. The number of carbonyl (C=O) groups is 1. The first-order valence-electron chi connectivity index (χ1n) is 6.17. The first-order valence-corrected chi connectivity index (χ1v) is 6.17. The molecule has 1 aromatic heterocycles. The van der Waals surface area contributed by atoms with Gasteiger partial charge < -0.3 is 16.2 Å². The fraction of sp³-hybridized carbons (Fsp3) is 0.286. The number of nitrogens with one attached hydrogen (secondary N) is 1. The molecule has 0 saturated carbocycles. The standard InChI is InChI=1S/C14H17N3O2/c1-9-7-11-10(12(15)8-9)3-5-16-13(11)14(19)17-4-2-6-18/h3,5,7-8,18H,2,4,6,15H2,1H3,(H,17,19). The van der Waals surface area contributed by atoms with Crippen LogP contribution in [0, 0.1) is 6.92 Å². The molecule has 0 atom stereocenters. The molecule has 0 fully saturated rings. The van der Waals surface area contributed by atoms with E-state index < -0.39 is 0 Å². The second kappa shape index (κ2) is 5.67. The minimum absolute atomic E-state index is 0.0509. The van der Waals surface area contributed by atoms with Crippen molar-refractivity contribution in [3.8, 4) is 0 Å². The topological polar surface area (TPSA) is 88.2 Å². The molecule has 0 spiro atoms. The molecule has 0 aliphatic carbocycles. The first kappa shape index (κ1) is 13.3. The number of carbonyl (C=O) groups excluding carboxylic acids is 1. The Morgan fingerprint density at radius 2 is 2.21 bits per heavy atom. The van der Waals surface area contributed by atoms with E-state index in [4.69, 9.17) is 10.8 Å². The number of nitrogens with two attached hydrogens (primary N) is 1. The quantitative estimate of drug-likeness (QED) is 0.569. The van der Waals surface area contributed by atoms with Crippen molar-refractivity contribution in [1.82, 2.24) is 10.3 Å². The number of aliphatic hydroxyl groups excluding tert-OH is 1. The predicted molar refractivity (Wildman–Crippen MR) is 74.9 cm³/mol. The van der Waals surface area contributed by atoms with E-state index >= 15 is 0 Å². The van der Waals surface area contributed by atoms with E-state index in [-0.39, 0.29) is 12.5 Å². The van der Waals surface area contributed by atoms with E-state index in [1.807, 2.05) is 19.1 Å². The second-order valence-electron chi connectivity index (χ2n) is 4.44. The van der Waals surface area contributed by atoms with Gasteiger partial charge >= 0.3 is 0 Å².